The number of benzene rings is 1. The number of nitrogens with one attached hydrogen (secondary N) is 1. The molecule has 2 rings (SSSR count). The summed E-state index contributed by atoms with van der Waals surface area (Å²) < 4.78 is 0. The highest BCUT2D eigenvalue weighted by Gasteiger charge is 2.04. The molecule has 0 bridgehead atoms. The van der Waals surface area contributed by atoms with Crippen LogP contribution in [0.25, 0.3) is 0 Å². The number of anilines is 1. The first-order valence-electron chi connectivity index (χ1n) is 5.17. The third-order valence-electron chi connectivity index (χ3n) is 2.27. The topological polar surface area (TPSA) is 63.8 Å². The Morgan fingerprint density at radius 1 is 1.06 bits per heavy atom. The third-order valence-corrected chi connectivity index (χ3v) is 2.27. The van der Waals surface area contributed by atoms with E-state index in [9.17, 15) is 0 Å². The van der Waals surface area contributed by atoms with Crippen molar-refractivity contribution in [1.82, 2.24) is 9.97 Å². The maximum Gasteiger partial charge on any atom is 0.222 e. The maximum absolute atomic E-state index is 6.02. The molecular formula is C12H14N4. The Hall–Kier alpha value is -1.94. The summed E-state index contributed by atoms with van der Waals surface area (Å²) in [5.74, 6) is 0.605. The van der Waals surface area contributed by atoms with Gasteiger partial charge in [0.25, 0.3) is 0 Å². The van der Waals surface area contributed by atoms with Gasteiger partial charge in [-0.05, 0) is 11.6 Å². The zero-order chi connectivity index (χ0) is 11.2. The Labute approximate surface area is 94.5 Å². The molecule has 0 spiro atoms. The molecule has 0 aliphatic rings. The zero-order valence-electron chi connectivity index (χ0n) is 8.88. The number of nitrogens with zero attached hydrogens (tertiary/aromatic N) is 2. The highest BCUT2D eigenvalue weighted by molar-refractivity contribution is 5.25. The van der Waals surface area contributed by atoms with Crippen LogP contribution >= 0.6 is 0 Å². The molecule has 82 valence electrons. The fourth-order valence-corrected chi connectivity index (χ4v) is 1.41. The van der Waals surface area contributed by atoms with Crippen LogP contribution in [0.2, 0.25) is 0 Å². The molecule has 1 heterocycles. The van der Waals surface area contributed by atoms with Gasteiger partial charge in [-0.2, -0.15) is 0 Å². The summed E-state index contributed by atoms with van der Waals surface area (Å²) >= 11 is 0. The van der Waals surface area contributed by atoms with E-state index in [1.807, 2.05) is 30.3 Å². The highest BCUT2D eigenvalue weighted by atomic mass is 15.1. The Kier molecular flexibility index (Phi) is 3.46. The van der Waals surface area contributed by atoms with Crippen molar-refractivity contribution in [1.29, 1.82) is 0 Å². The van der Waals surface area contributed by atoms with E-state index >= 15 is 0 Å². The van der Waals surface area contributed by atoms with Crippen molar-refractivity contribution in [3.63, 3.8) is 0 Å². The van der Waals surface area contributed by atoms with E-state index < -0.39 is 0 Å². The molecule has 1 aromatic heterocycles. The number of hydrogen-bond acceptors (Lipinski definition) is 4. The number of rotatable bonds is 4. The summed E-state index contributed by atoms with van der Waals surface area (Å²) in [5.41, 5.74) is 7.13. The van der Waals surface area contributed by atoms with Gasteiger partial charge < -0.3 is 11.1 Å². The van der Waals surface area contributed by atoms with Crippen LogP contribution in [0.5, 0.6) is 0 Å². The lowest BCUT2D eigenvalue weighted by Gasteiger charge is -2.12. The fraction of sp³-hybridized carbons (Fsp3) is 0.167. The van der Waals surface area contributed by atoms with Gasteiger partial charge in [-0.15, -0.1) is 0 Å². The van der Waals surface area contributed by atoms with Gasteiger partial charge in [0, 0.05) is 25.0 Å². The van der Waals surface area contributed by atoms with Gasteiger partial charge in [0.1, 0.15) is 0 Å². The lowest BCUT2D eigenvalue weighted by Crippen LogP contribution is -2.21. The van der Waals surface area contributed by atoms with Crippen LogP contribution in [0.4, 0.5) is 5.95 Å². The van der Waals surface area contributed by atoms with Gasteiger partial charge in [0.15, 0.2) is 0 Å². The second-order valence-corrected chi connectivity index (χ2v) is 3.47. The first kappa shape index (κ1) is 10.6. The summed E-state index contributed by atoms with van der Waals surface area (Å²) in [6.07, 6.45) is 3.40. The molecule has 2 aromatic rings. The highest BCUT2D eigenvalue weighted by Crippen LogP contribution is 2.09. The SMILES string of the molecule is N[C@@H](CNc1ncccn1)c1ccccc1. The fourth-order valence-electron chi connectivity index (χ4n) is 1.41. The van der Waals surface area contributed by atoms with Crippen LogP contribution in [0.3, 0.4) is 0 Å². The van der Waals surface area contributed by atoms with E-state index in [1.54, 1.807) is 18.5 Å². The van der Waals surface area contributed by atoms with Gasteiger partial charge in [-0.25, -0.2) is 9.97 Å². The summed E-state index contributed by atoms with van der Waals surface area (Å²) in [7, 11) is 0. The lowest BCUT2D eigenvalue weighted by molar-refractivity contribution is 0.758. The van der Waals surface area contributed by atoms with Crippen LogP contribution in [0.15, 0.2) is 48.8 Å². The predicted molar refractivity (Wildman–Crippen MR) is 63.9 cm³/mol. The van der Waals surface area contributed by atoms with E-state index in [0.717, 1.165) is 5.56 Å². The predicted octanol–water partition coefficient (Wildman–Crippen LogP) is 1.59. The lowest BCUT2D eigenvalue weighted by atomic mass is 10.1. The minimum atomic E-state index is -0.0509. The molecular weight excluding hydrogens is 200 g/mol. The summed E-state index contributed by atoms with van der Waals surface area (Å²) in [6, 6.07) is 11.7. The average molecular weight is 214 g/mol. The van der Waals surface area contributed by atoms with Gasteiger partial charge in [-0.3, -0.25) is 0 Å². The van der Waals surface area contributed by atoms with E-state index in [4.69, 9.17) is 5.73 Å². The second kappa shape index (κ2) is 5.23. The molecule has 0 saturated heterocycles. The van der Waals surface area contributed by atoms with Crippen molar-refractivity contribution in [2.75, 3.05) is 11.9 Å². The molecule has 4 nitrogen and oxygen atoms in total. The molecule has 3 N–H and O–H groups in total. The van der Waals surface area contributed by atoms with Gasteiger partial charge in [0.2, 0.25) is 5.95 Å². The Morgan fingerprint density at radius 2 is 1.75 bits per heavy atom. The zero-order valence-corrected chi connectivity index (χ0v) is 8.88. The average Bonchev–Trinajstić information content (AvgIpc) is 2.38. The van der Waals surface area contributed by atoms with Crippen LogP contribution in [-0.2, 0) is 0 Å². The molecule has 0 aliphatic heterocycles. The Bertz CT molecular complexity index is 416. The van der Waals surface area contributed by atoms with Crippen LogP contribution in [-0.4, -0.2) is 16.5 Å². The van der Waals surface area contributed by atoms with Crippen molar-refractivity contribution in [2.45, 2.75) is 6.04 Å². The number of nitrogens with two attached hydrogens (primary N) is 1. The van der Waals surface area contributed by atoms with E-state index in [0.29, 0.717) is 12.5 Å². The maximum atomic E-state index is 6.02. The molecule has 0 fully saturated rings. The van der Waals surface area contributed by atoms with E-state index in [1.165, 1.54) is 0 Å². The van der Waals surface area contributed by atoms with Crippen LogP contribution in [0, 0.1) is 0 Å². The minimum Gasteiger partial charge on any atom is -0.352 e. The largest absolute Gasteiger partial charge is 0.352 e. The quantitative estimate of drug-likeness (QED) is 0.811. The first-order chi connectivity index (χ1) is 7.86. The molecule has 4 heteroatoms. The number of aromatic nitrogens is 2. The van der Waals surface area contributed by atoms with Crippen molar-refractivity contribution < 1.29 is 0 Å². The summed E-state index contributed by atoms with van der Waals surface area (Å²) in [4.78, 5) is 8.13. The van der Waals surface area contributed by atoms with Crippen molar-refractivity contribution in [3.05, 3.63) is 54.4 Å². The Morgan fingerprint density at radius 3 is 2.44 bits per heavy atom. The van der Waals surface area contributed by atoms with E-state index in [-0.39, 0.29) is 6.04 Å². The van der Waals surface area contributed by atoms with Crippen LogP contribution in [0.1, 0.15) is 11.6 Å². The van der Waals surface area contributed by atoms with E-state index in [2.05, 4.69) is 15.3 Å². The molecule has 1 atom stereocenters. The standard InChI is InChI=1S/C12H14N4/c13-11(10-5-2-1-3-6-10)9-16-12-14-7-4-8-15-12/h1-8,11H,9,13H2,(H,14,15,16)/t11-/m0/s1. The molecule has 0 amide bonds. The molecule has 1 aromatic carbocycles. The smallest absolute Gasteiger partial charge is 0.222 e. The molecule has 0 unspecified atom stereocenters. The minimum absolute atomic E-state index is 0.0509. The third kappa shape index (κ3) is 2.77. The monoisotopic (exact) mass is 214 g/mol. The Balaban J connectivity index is 1.92. The van der Waals surface area contributed by atoms with Crippen molar-refractivity contribution in [2.24, 2.45) is 5.73 Å². The summed E-state index contributed by atoms with van der Waals surface area (Å²) in [5, 5.41) is 3.10. The molecule has 0 radical (unpaired) electrons. The van der Waals surface area contributed by atoms with Crippen molar-refractivity contribution >= 4 is 5.95 Å². The molecule has 0 saturated carbocycles. The van der Waals surface area contributed by atoms with Crippen LogP contribution < -0.4 is 11.1 Å². The van der Waals surface area contributed by atoms with Gasteiger partial charge in [-0.1, -0.05) is 30.3 Å². The second-order valence-electron chi connectivity index (χ2n) is 3.47. The molecule has 16 heavy (non-hydrogen) atoms. The number of hydrogen-bond donors (Lipinski definition) is 2. The van der Waals surface area contributed by atoms with Gasteiger partial charge >= 0.3 is 0 Å². The normalized spacial score (nSPS) is 12.1. The summed E-state index contributed by atoms with van der Waals surface area (Å²) in [6.45, 7) is 0.619. The van der Waals surface area contributed by atoms with Gasteiger partial charge in [0.05, 0.1) is 0 Å². The molecule has 0 aliphatic carbocycles. The first-order valence-corrected chi connectivity index (χ1v) is 5.17. The van der Waals surface area contributed by atoms with Crippen molar-refractivity contribution in [3.8, 4) is 0 Å².